The van der Waals surface area contributed by atoms with Crippen molar-refractivity contribution < 1.29 is 18.7 Å². The van der Waals surface area contributed by atoms with E-state index in [2.05, 4.69) is 304 Å². The molecule has 1 fully saturated rings. The summed E-state index contributed by atoms with van der Waals surface area (Å²) < 4.78 is 28.1. The highest BCUT2D eigenvalue weighted by Gasteiger charge is 2.35. The molecule has 3 unspecified atom stereocenters. The topological polar surface area (TPSA) is 127 Å². The Morgan fingerprint density at radius 2 is 0.729 bits per heavy atom. The maximum absolute atomic E-state index is 10.0. The van der Waals surface area contributed by atoms with Crippen LogP contribution in [0.2, 0.25) is 0 Å². The van der Waals surface area contributed by atoms with Crippen LogP contribution >= 0.6 is 15.9 Å². The number of hydrogen-bond acceptors (Lipinski definition) is 8. The molecule has 6 aromatic heterocycles. The molecule has 12 aromatic carbocycles. The number of ether oxygens (including phenoxy) is 1. The normalized spacial score (nSPS) is 14.7. The minimum atomic E-state index is 0.143. The Morgan fingerprint density at radius 3 is 1.08 bits per heavy atom. The van der Waals surface area contributed by atoms with Crippen molar-refractivity contribution >= 4 is 103 Å². The maximum Gasteiger partial charge on any atom is 0.248 e. The number of aromatic nitrogens is 8. The first kappa shape index (κ1) is 66.9. The molecule has 0 saturated heterocycles. The molecule has 0 aliphatic heterocycles. The van der Waals surface area contributed by atoms with Gasteiger partial charge in [0.25, 0.3) is 0 Å². The zero-order valence-electron chi connectivity index (χ0n) is 59.6. The predicted octanol–water partition coefficient (Wildman–Crippen LogP) is 25.0. The van der Waals surface area contributed by atoms with Crippen molar-refractivity contribution in [2.24, 2.45) is 17.8 Å². The zero-order chi connectivity index (χ0) is 71.7. The quantitative estimate of drug-likeness (QED) is 0.0482. The van der Waals surface area contributed by atoms with E-state index in [0.29, 0.717) is 35.7 Å². The molecule has 1 saturated carbocycles. The summed E-state index contributed by atoms with van der Waals surface area (Å²) in [6, 6.07) is 96.1. The van der Waals surface area contributed by atoms with E-state index in [4.69, 9.17) is 13.6 Å². The van der Waals surface area contributed by atoms with Gasteiger partial charge < -0.3 is 36.9 Å². The van der Waals surface area contributed by atoms with Crippen LogP contribution in [0.5, 0.6) is 11.5 Å². The van der Waals surface area contributed by atoms with Gasteiger partial charge in [-0.3, -0.25) is 0 Å². The SMILES string of the molecule is BrCCCCCC1CC2C=CC1C2.CCCCCCOc1cccc(-c2nnc(-c3cc(-n4c5ccccc5c5ccccc54)cc(-n4c5ccccc5c5ccccc54)c3)o2)c1.Oc1cccc(-c2nnc(-c3cc(-n4c5ccccc5c5ccccc54)cc(-n4c5ccccc5c5ccccc54)c3)o2)c1. The number of hydrogen-bond donors (Lipinski definition) is 1. The summed E-state index contributed by atoms with van der Waals surface area (Å²) in [5.41, 5.74) is 16.1. The molecule has 107 heavy (non-hydrogen) atoms. The van der Waals surface area contributed by atoms with Crippen LogP contribution in [0, 0.1) is 17.8 Å². The summed E-state index contributed by atoms with van der Waals surface area (Å²) in [6.45, 7) is 2.91. The Kier molecular flexibility index (Phi) is 18.4. The molecule has 12 nitrogen and oxygen atoms in total. The van der Waals surface area contributed by atoms with Gasteiger partial charge in [-0.2, -0.15) is 0 Å². The van der Waals surface area contributed by atoms with Gasteiger partial charge in [0, 0.05) is 93.4 Å². The third-order valence-corrected chi connectivity index (χ3v) is 22.1. The Morgan fingerprint density at radius 1 is 0.364 bits per heavy atom. The van der Waals surface area contributed by atoms with Crippen LogP contribution in [0.4, 0.5) is 0 Å². The van der Waals surface area contributed by atoms with Crippen molar-refractivity contribution in [2.75, 3.05) is 11.9 Å². The Balaban J connectivity index is 0.000000130. The number of halogens is 1. The monoisotopic (exact) mass is 1460 g/mol. The highest BCUT2D eigenvalue weighted by molar-refractivity contribution is 9.09. The lowest BCUT2D eigenvalue weighted by atomic mass is 9.89. The Hall–Kier alpha value is -12.1. The summed E-state index contributed by atoms with van der Waals surface area (Å²) >= 11 is 3.48. The Bertz CT molecular complexity index is 5850. The second-order valence-electron chi connectivity index (χ2n) is 28.3. The van der Waals surface area contributed by atoms with Crippen molar-refractivity contribution in [2.45, 2.75) is 71.1 Å². The number of rotatable bonds is 19. The summed E-state index contributed by atoms with van der Waals surface area (Å²) in [4.78, 5) is 0. The van der Waals surface area contributed by atoms with E-state index in [9.17, 15) is 5.11 Å². The number of benzene rings is 12. The number of phenols is 1. The van der Waals surface area contributed by atoms with Crippen LogP contribution in [0.15, 0.2) is 300 Å². The molecular weight excluding hydrogens is 1380 g/mol. The van der Waals surface area contributed by atoms with E-state index in [-0.39, 0.29) is 5.75 Å². The molecule has 20 rings (SSSR count). The van der Waals surface area contributed by atoms with Gasteiger partial charge >= 0.3 is 0 Å². The van der Waals surface area contributed by atoms with E-state index >= 15 is 0 Å². The van der Waals surface area contributed by atoms with Crippen molar-refractivity contribution in [3.05, 3.63) is 291 Å². The largest absolute Gasteiger partial charge is 0.508 e. The summed E-state index contributed by atoms with van der Waals surface area (Å²) in [5.74, 6) is 5.58. The van der Waals surface area contributed by atoms with Gasteiger partial charge in [-0.1, -0.05) is 225 Å². The van der Waals surface area contributed by atoms with Crippen LogP contribution in [-0.2, 0) is 0 Å². The highest BCUT2D eigenvalue weighted by atomic mass is 79.9. The molecule has 0 spiro atoms. The molecule has 0 amide bonds. The third kappa shape index (κ3) is 12.9. The molecule has 526 valence electrons. The van der Waals surface area contributed by atoms with E-state index in [1.165, 1.54) is 106 Å². The number of fused-ring (bicyclic) bond motifs is 14. The fraction of sp³-hybridized carbons (Fsp3) is 0.170. The number of phenolic OH excluding ortho intramolecular Hbond substituents is 1. The minimum absolute atomic E-state index is 0.143. The molecular formula is C94H79BrN8O4. The number of nitrogens with zero attached hydrogens (tertiary/aromatic N) is 8. The molecule has 18 aromatic rings. The fourth-order valence-electron chi connectivity index (χ4n) is 16.7. The number of unbranched alkanes of at least 4 members (excludes halogenated alkanes) is 5. The van der Waals surface area contributed by atoms with Gasteiger partial charge in [-0.15, -0.1) is 20.4 Å². The first-order valence-corrected chi connectivity index (χ1v) is 38.7. The molecule has 2 aliphatic carbocycles. The van der Waals surface area contributed by atoms with E-state index in [1.54, 1.807) is 18.2 Å². The lowest BCUT2D eigenvalue weighted by Gasteiger charge is -2.17. The first-order valence-electron chi connectivity index (χ1n) is 37.6. The van der Waals surface area contributed by atoms with Gasteiger partial charge in [-0.25, -0.2) is 0 Å². The predicted molar refractivity (Wildman–Crippen MR) is 440 cm³/mol. The molecule has 13 heteroatoms. The van der Waals surface area contributed by atoms with Crippen molar-refractivity contribution in [1.82, 2.24) is 38.7 Å². The lowest BCUT2D eigenvalue weighted by Crippen LogP contribution is -2.06. The average molecular weight is 1460 g/mol. The molecule has 3 atom stereocenters. The van der Waals surface area contributed by atoms with Crippen molar-refractivity contribution in [3.63, 3.8) is 0 Å². The zero-order valence-corrected chi connectivity index (χ0v) is 61.1. The van der Waals surface area contributed by atoms with Crippen LogP contribution in [-0.4, -0.2) is 55.7 Å². The summed E-state index contributed by atoms with van der Waals surface area (Å²) in [7, 11) is 0. The van der Waals surface area contributed by atoms with Crippen LogP contribution in [0.3, 0.4) is 0 Å². The van der Waals surface area contributed by atoms with E-state index < -0.39 is 0 Å². The van der Waals surface area contributed by atoms with Gasteiger partial charge in [0.1, 0.15) is 11.5 Å². The van der Waals surface area contributed by atoms with Gasteiger partial charge in [0.15, 0.2) is 0 Å². The smallest absolute Gasteiger partial charge is 0.248 e. The number of allylic oxidation sites excluding steroid dienone is 2. The van der Waals surface area contributed by atoms with Crippen LogP contribution in [0.25, 0.3) is 156 Å². The molecule has 6 heterocycles. The number of aromatic hydroxyl groups is 1. The average Bonchev–Trinajstić information content (AvgIpc) is 1.59. The van der Waals surface area contributed by atoms with E-state index in [0.717, 1.165) is 113 Å². The highest BCUT2D eigenvalue weighted by Crippen LogP contribution is 2.46. The fourth-order valence-corrected chi connectivity index (χ4v) is 17.0. The molecule has 2 aliphatic rings. The van der Waals surface area contributed by atoms with Crippen LogP contribution in [0.1, 0.15) is 71.1 Å². The molecule has 1 N–H and O–H groups in total. The second-order valence-corrected chi connectivity index (χ2v) is 29.1. The lowest BCUT2D eigenvalue weighted by molar-refractivity contribution is 0.305. The van der Waals surface area contributed by atoms with Gasteiger partial charge in [0.2, 0.25) is 23.6 Å². The standard InChI is InChI=1S/C44H36N4O2.C38H24N4O2.C12H19Br/c1-2-3-4-13-25-49-34-16-14-15-30(28-34)43-45-46-44(50-43)31-26-32(47-39-21-9-5-17-35(39)36-18-6-10-22-40(36)47)29-33(27-31)48-41-23-11-7-19-37(41)38-20-8-12-24-42(38)48;43-28-11-9-10-24(22-28)37-39-40-38(44-37)25-20-26(41-33-16-5-1-12-29(33)30-13-2-6-17-34(30)41)23-27(21-25)42-35-18-7-3-14-31(35)32-15-4-8-19-36(32)42;13-7-3-1-2-4-11-8-10-5-6-12(11)9-10/h5-12,14-24,26-29H,2-4,13,25H2,1H3;1-23,43H;5-6,10-12H,1-4,7-9H2. The van der Waals surface area contributed by atoms with Crippen molar-refractivity contribution in [1.29, 1.82) is 0 Å². The summed E-state index contributed by atoms with van der Waals surface area (Å²) in [5, 5.41) is 38.8. The first-order chi connectivity index (χ1) is 52.9. The van der Waals surface area contributed by atoms with Gasteiger partial charge in [-0.05, 0) is 171 Å². The molecule has 2 bridgehead atoms. The van der Waals surface area contributed by atoms with E-state index in [1.807, 2.05) is 30.3 Å². The van der Waals surface area contributed by atoms with Crippen molar-refractivity contribution in [3.8, 4) is 80.1 Å². The molecule has 0 radical (unpaired) electrons. The van der Waals surface area contributed by atoms with Crippen LogP contribution < -0.4 is 4.74 Å². The summed E-state index contributed by atoms with van der Waals surface area (Å²) in [6.07, 6.45) is 18.3. The number of alkyl halides is 1. The maximum atomic E-state index is 10.0. The minimum Gasteiger partial charge on any atom is -0.508 e. The Labute approximate surface area is 628 Å². The second kappa shape index (κ2) is 29.5. The van der Waals surface area contributed by atoms with Gasteiger partial charge in [0.05, 0.1) is 50.7 Å². The third-order valence-electron chi connectivity index (χ3n) is 21.6. The number of para-hydroxylation sites is 8.